The fourth-order valence-corrected chi connectivity index (χ4v) is 7.02. The molecule has 9 heteroatoms. The van der Waals surface area contributed by atoms with Gasteiger partial charge in [0.15, 0.2) is 0 Å². The molecule has 3 fully saturated rings. The van der Waals surface area contributed by atoms with E-state index in [0.29, 0.717) is 19.4 Å². The predicted octanol–water partition coefficient (Wildman–Crippen LogP) is 2.39. The van der Waals surface area contributed by atoms with E-state index in [0.717, 1.165) is 6.42 Å². The highest BCUT2D eigenvalue weighted by Gasteiger charge is 2.83. The number of aliphatic hydroxyl groups is 2. The average molecular weight is 533 g/mol. The van der Waals surface area contributed by atoms with Crippen molar-refractivity contribution >= 4 is 11.9 Å². The Kier molecular flexibility index (Phi) is 7.37. The number of epoxide rings is 1. The van der Waals surface area contributed by atoms with Crippen molar-refractivity contribution in [3.63, 3.8) is 0 Å². The van der Waals surface area contributed by atoms with E-state index in [1.807, 2.05) is 0 Å². The molecule has 10 atom stereocenters. The summed E-state index contributed by atoms with van der Waals surface area (Å²) in [6.07, 6.45) is 6.84. The van der Waals surface area contributed by atoms with Crippen LogP contribution in [0.15, 0.2) is 36.0 Å². The third kappa shape index (κ3) is 4.46. The number of aliphatic hydroxyl groups excluding tert-OH is 2. The van der Waals surface area contributed by atoms with E-state index in [4.69, 9.17) is 23.7 Å². The van der Waals surface area contributed by atoms with Crippen LogP contribution >= 0.6 is 0 Å². The van der Waals surface area contributed by atoms with Gasteiger partial charge in [-0.3, -0.25) is 4.79 Å². The van der Waals surface area contributed by atoms with E-state index in [2.05, 4.69) is 19.9 Å². The van der Waals surface area contributed by atoms with Crippen LogP contribution in [-0.2, 0) is 33.3 Å². The normalized spacial score (nSPS) is 46.3. The zero-order valence-electron chi connectivity index (χ0n) is 22.6. The van der Waals surface area contributed by atoms with Crippen LogP contribution in [0.25, 0.3) is 0 Å². The van der Waals surface area contributed by atoms with Gasteiger partial charge in [-0.15, -0.1) is 0 Å². The molecule has 2 spiro atoms. The molecule has 3 heterocycles. The lowest BCUT2D eigenvalue weighted by Crippen LogP contribution is -2.66. The lowest BCUT2D eigenvalue weighted by atomic mass is 9.51. The van der Waals surface area contributed by atoms with Gasteiger partial charge in [0, 0.05) is 17.9 Å². The summed E-state index contributed by atoms with van der Waals surface area (Å²) >= 11 is 0. The van der Waals surface area contributed by atoms with Gasteiger partial charge in [-0.25, -0.2) is 4.79 Å². The number of carbonyl (C=O) groups is 2. The quantitative estimate of drug-likeness (QED) is 0.298. The number of hydrogen-bond donors (Lipinski definition) is 2. The Hall–Kier alpha value is -2.04. The maximum absolute atomic E-state index is 13.0. The number of carbonyl (C=O) groups excluding carboxylic acids is 2. The van der Waals surface area contributed by atoms with Gasteiger partial charge in [0.2, 0.25) is 0 Å². The molecule has 9 nitrogen and oxygen atoms in total. The fraction of sp³-hybridized carbons (Fsp3) is 0.724. The Bertz CT molecular complexity index is 1030. The van der Waals surface area contributed by atoms with Gasteiger partial charge in [0.25, 0.3) is 0 Å². The van der Waals surface area contributed by atoms with Crippen LogP contribution in [0.2, 0.25) is 0 Å². The molecule has 2 N–H and O–H groups in total. The van der Waals surface area contributed by atoms with E-state index >= 15 is 0 Å². The Morgan fingerprint density at radius 1 is 1.16 bits per heavy atom. The zero-order valence-corrected chi connectivity index (χ0v) is 22.6. The third-order valence-corrected chi connectivity index (χ3v) is 9.69. The number of allylic oxidation sites excluding steroid dienone is 3. The molecule has 0 aromatic heterocycles. The molecule has 10 unspecified atom stereocenters. The summed E-state index contributed by atoms with van der Waals surface area (Å²) in [7, 11) is 0. The maximum atomic E-state index is 13.0. The molecule has 1 saturated carbocycles. The Balaban J connectivity index is 1.50. The molecule has 5 aliphatic rings. The van der Waals surface area contributed by atoms with Gasteiger partial charge >= 0.3 is 11.9 Å². The van der Waals surface area contributed by atoms with Gasteiger partial charge < -0.3 is 33.9 Å². The van der Waals surface area contributed by atoms with Crippen LogP contribution in [0.3, 0.4) is 0 Å². The summed E-state index contributed by atoms with van der Waals surface area (Å²) in [4.78, 5) is 26.0. The second-order valence-electron chi connectivity index (χ2n) is 11.9. The van der Waals surface area contributed by atoms with Crippen molar-refractivity contribution in [3.05, 3.63) is 36.0 Å². The van der Waals surface area contributed by atoms with Gasteiger partial charge in [0.1, 0.15) is 24.4 Å². The lowest BCUT2D eigenvalue weighted by Gasteiger charge is -2.58. The topological polar surface area (TPSA) is 124 Å². The standard InChI is InChI=1S/C29H40O9/c1-17-9-10-28-15-35-26(33)12-18(2)20(31)14-34-21(19(3)30)7-5-6-8-25(32)38-22-13-24(37-23(28)11-17)29(16-36-29)27(22,28)4/h5-8,11,18-24,30-31H,9-10,12-16H2,1-4H3. The SMILES string of the molecule is CC1=CC2OC3CC4OC(=O)C=CC=CC(C(C)O)OCC(O)C(C)CC(=O)OCC2(CC1)C4(C)C31CO1. The molecule has 3 aliphatic heterocycles. The van der Waals surface area contributed by atoms with Crippen molar-refractivity contribution in [2.24, 2.45) is 16.7 Å². The largest absolute Gasteiger partial charge is 0.465 e. The van der Waals surface area contributed by atoms with Crippen molar-refractivity contribution < 1.29 is 43.5 Å². The summed E-state index contributed by atoms with van der Waals surface area (Å²) < 4.78 is 30.5. The molecule has 2 bridgehead atoms. The summed E-state index contributed by atoms with van der Waals surface area (Å²) in [5.74, 6) is -1.33. The van der Waals surface area contributed by atoms with Crippen LogP contribution < -0.4 is 0 Å². The Labute approximate surface area is 223 Å². The summed E-state index contributed by atoms with van der Waals surface area (Å²) in [6.45, 7) is 8.08. The molecule has 0 aromatic rings. The van der Waals surface area contributed by atoms with Crippen molar-refractivity contribution in [1.82, 2.24) is 0 Å². The van der Waals surface area contributed by atoms with Gasteiger partial charge in [-0.05, 0) is 32.6 Å². The molecule has 0 radical (unpaired) electrons. The van der Waals surface area contributed by atoms with Crippen LogP contribution in [0, 0.1) is 16.7 Å². The predicted molar refractivity (Wildman–Crippen MR) is 136 cm³/mol. The molecule has 0 amide bonds. The van der Waals surface area contributed by atoms with E-state index in [1.165, 1.54) is 11.6 Å². The number of rotatable bonds is 1. The van der Waals surface area contributed by atoms with E-state index in [-0.39, 0.29) is 31.8 Å². The summed E-state index contributed by atoms with van der Waals surface area (Å²) in [5, 5.41) is 20.7. The molecule has 5 rings (SSSR count). The first kappa shape index (κ1) is 27.5. The first-order valence-corrected chi connectivity index (χ1v) is 13.7. The van der Waals surface area contributed by atoms with Crippen molar-refractivity contribution in [2.45, 2.75) is 95.6 Å². The van der Waals surface area contributed by atoms with Crippen LogP contribution in [0.1, 0.15) is 53.4 Å². The highest BCUT2D eigenvalue weighted by Crippen LogP contribution is 2.72. The smallest absolute Gasteiger partial charge is 0.331 e. The molecule has 2 saturated heterocycles. The Morgan fingerprint density at radius 3 is 2.63 bits per heavy atom. The molecule has 38 heavy (non-hydrogen) atoms. The van der Waals surface area contributed by atoms with Crippen LogP contribution in [0.5, 0.6) is 0 Å². The minimum Gasteiger partial charge on any atom is -0.465 e. The van der Waals surface area contributed by atoms with Gasteiger partial charge in [0.05, 0.1) is 49.5 Å². The molecule has 210 valence electrons. The minimum absolute atomic E-state index is 0.0122. The monoisotopic (exact) mass is 532 g/mol. The van der Waals surface area contributed by atoms with E-state index in [9.17, 15) is 19.8 Å². The second-order valence-corrected chi connectivity index (χ2v) is 11.9. The summed E-state index contributed by atoms with van der Waals surface area (Å²) in [6, 6.07) is 0. The Morgan fingerprint density at radius 2 is 1.92 bits per heavy atom. The maximum Gasteiger partial charge on any atom is 0.331 e. The lowest BCUT2D eigenvalue weighted by molar-refractivity contribution is -0.233. The van der Waals surface area contributed by atoms with Crippen molar-refractivity contribution in [2.75, 3.05) is 19.8 Å². The highest BCUT2D eigenvalue weighted by molar-refractivity contribution is 5.82. The van der Waals surface area contributed by atoms with Gasteiger partial charge in [-0.2, -0.15) is 0 Å². The number of cyclic esters (lactones) is 1. The summed E-state index contributed by atoms with van der Waals surface area (Å²) in [5.41, 5.74) is -0.638. The minimum atomic E-state index is -0.925. The van der Waals surface area contributed by atoms with Gasteiger partial charge in [-0.1, -0.05) is 43.7 Å². The van der Waals surface area contributed by atoms with E-state index < -0.39 is 58.7 Å². The van der Waals surface area contributed by atoms with Crippen molar-refractivity contribution in [3.8, 4) is 0 Å². The fourth-order valence-electron chi connectivity index (χ4n) is 7.02. The number of hydrogen-bond acceptors (Lipinski definition) is 9. The van der Waals surface area contributed by atoms with Crippen LogP contribution in [-0.4, -0.2) is 84.2 Å². The van der Waals surface area contributed by atoms with Crippen molar-refractivity contribution in [1.29, 1.82) is 0 Å². The average Bonchev–Trinajstić information content (AvgIpc) is 3.64. The zero-order chi connectivity index (χ0) is 27.3. The second kappa shape index (κ2) is 10.2. The number of ether oxygens (including phenoxy) is 5. The van der Waals surface area contributed by atoms with Crippen LogP contribution in [0.4, 0.5) is 0 Å². The van der Waals surface area contributed by atoms with E-state index in [1.54, 1.807) is 32.1 Å². The third-order valence-electron chi connectivity index (χ3n) is 9.69. The molecule has 2 aliphatic carbocycles. The molecule has 0 aromatic carbocycles. The molecular weight excluding hydrogens is 492 g/mol. The molecular formula is C29H40O9. The highest BCUT2D eigenvalue weighted by atomic mass is 16.6. The first-order valence-electron chi connectivity index (χ1n) is 13.7. The first-order chi connectivity index (χ1) is 18.0. The number of esters is 2.